The molecular formula is C25H22FNO4S2. The Labute approximate surface area is 196 Å². The van der Waals surface area contributed by atoms with E-state index in [0.717, 1.165) is 28.2 Å². The van der Waals surface area contributed by atoms with Gasteiger partial charge in [-0.15, -0.1) is 11.3 Å². The van der Waals surface area contributed by atoms with E-state index < -0.39 is 9.84 Å². The highest BCUT2D eigenvalue weighted by Gasteiger charge is 2.17. The quantitative estimate of drug-likeness (QED) is 0.328. The second kappa shape index (κ2) is 9.33. The summed E-state index contributed by atoms with van der Waals surface area (Å²) < 4.78 is 44.6. The van der Waals surface area contributed by atoms with E-state index in [2.05, 4.69) is 0 Å². The van der Waals surface area contributed by atoms with Gasteiger partial charge in [-0.3, -0.25) is 0 Å². The number of sulfone groups is 1. The van der Waals surface area contributed by atoms with Crippen LogP contribution in [0.4, 0.5) is 4.39 Å². The predicted molar refractivity (Wildman–Crippen MR) is 127 cm³/mol. The Morgan fingerprint density at radius 2 is 1.76 bits per heavy atom. The third-order valence-corrected chi connectivity index (χ3v) is 7.32. The molecule has 170 valence electrons. The molecule has 0 spiro atoms. The Balaban J connectivity index is 1.67. The van der Waals surface area contributed by atoms with Gasteiger partial charge in [0, 0.05) is 24.1 Å². The number of thiophene rings is 1. The average Bonchev–Trinajstić information content (AvgIpc) is 3.43. The fourth-order valence-electron chi connectivity index (χ4n) is 3.64. The lowest BCUT2D eigenvalue weighted by Crippen LogP contribution is -2.07. The zero-order valence-electron chi connectivity index (χ0n) is 18.1. The maximum absolute atomic E-state index is 13.5. The van der Waals surface area contributed by atoms with E-state index in [1.807, 2.05) is 22.9 Å². The van der Waals surface area contributed by atoms with Crippen molar-refractivity contribution in [1.29, 1.82) is 0 Å². The van der Waals surface area contributed by atoms with Crippen molar-refractivity contribution in [3.05, 3.63) is 94.1 Å². The molecule has 2 aromatic heterocycles. The van der Waals surface area contributed by atoms with Crippen LogP contribution in [-0.4, -0.2) is 31.8 Å². The molecule has 0 N–H and O–H groups in total. The highest BCUT2D eigenvalue weighted by molar-refractivity contribution is 7.90. The molecule has 4 rings (SSSR count). The minimum Gasteiger partial charge on any atom is -0.461 e. The van der Waals surface area contributed by atoms with Crippen molar-refractivity contribution >= 4 is 27.1 Å². The van der Waals surface area contributed by atoms with E-state index in [0.29, 0.717) is 11.3 Å². The zero-order chi connectivity index (χ0) is 23.6. The molecule has 4 aromatic rings. The van der Waals surface area contributed by atoms with Gasteiger partial charge >= 0.3 is 5.97 Å². The van der Waals surface area contributed by atoms with Crippen molar-refractivity contribution in [1.82, 2.24) is 4.57 Å². The molecule has 0 amide bonds. The monoisotopic (exact) mass is 483 g/mol. The molecular weight excluding hydrogens is 461 g/mol. The Morgan fingerprint density at radius 1 is 1.06 bits per heavy atom. The maximum atomic E-state index is 13.5. The van der Waals surface area contributed by atoms with E-state index in [4.69, 9.17) is 4.74 Å². The van der Waals surface area contributed by atoms with Crippen molar-refractivity contribution in [3.8, 4) is 16.9 Å². The van der Waals surface area contributed by atoms with Crippen LogP contribution in [0, 0.1) is 12.7 Å². The van der Waals surface area contributed by atoms with Gasteiger partial charge in [-0.2, -0.15) is 0 Å². The lowest BCUT2D eigenvalue weighted by Gasteiger charge is -2.13. The number of ether oxygens (including phenoxy) is 1. The summed E-state index contributed by atoms with van der Waals surface area (Å²) in [6.45, 7) is 2.17. The number of aromatic nitrogens is 1. The van der Waals surface area contributed by atoms with Gasteiger partial charge in [-0.05, 0) is 72.0 Å². The molecule has 0 saturated heterocycles. The number of halogens is 1. The number of carbonyl (C=O) groups excluding carboxylic acids is 1. The van der Waals surface area contributed by atoms with Gasteiger partial charge in [0.15, 0.2) is 9.84 Å². The molecule has 8 heteroatoms. The maximum Gasteiger partial charge on any atom is 0.348 e. The largest absolute Gasteiger partial charge is 0.461 e. The number of hydrogen-bond donors (Lipinski definition) is 0. The molecule has 0 fully saturated rings. The van der Waals surface area contributed by atoms with Gasteiger partial charge in [0.25, 0.3) is 0 Å². The molecule has 0 saturated carbocycles. The molecule has 33 heavy (non-hydrogen) atoms. The Morgan fingerprint density at radius 3 is 2.36 bits per heavy atom. The van der Waals surface area contributed by atoms with Crippen molar-refractivity contribution in [2.75, 3.05) is 12.9 Å². The topological polar surface area (TPSA) is 65.4 Å². The van der Waals surface area contributed by atoms with Gasteiger partial charge in [0.2, 0.25) is 0 Å². The van der Waals surface area contributed by atoms with E-state index in [-0.39, 0.29) is 23.3 Å². The first-order valence-electron chi connectivity index (χ1n) is 10.2. The predicted octanol–water partition coefficient (Wildman–Crippen LogP) is 5.46. The summed E-state index contributed by atoms with van der Waals surface area (Å²) in [5.74, 6) is -0.680. The van der Waals surface area contributed by atoms with Gasteiger partial charge in [0.1, 0.15) is 10.7 Å². The Kier molecular flexibility index (Phi) is 6.49. The van der Waals surface area contributed by atoms with E-state index in [9.17, 15) is 17.6 Å². The van der Waals surface area contributed by atoms with Crippen molar-refractivity contribution in [2.45, 2.75) is 18.2 Å². The number of carbonyl (C=O) groups is 1. The summed E-state index contributed by atoms with van der Waals surface area (Å²) in [6, 6.07) is 18.4. The van der Waals surface area contributed by atoms with Crippen LogP contribution >= 0.6 is 11.3 Å². The first kappa shape index (κ1) is 22.9. The molecule has 0 atom stereocenters. The average molecular weight is 484 g/mol. The molecule has 0 aliphatic heterocycles. The molecule has 0 radical (unpaired) electrons. The van der Waals surface area contributed by atoms with Gasteiger partial charge in [-0.1, -0.05) is 18.2 Å². The number of hydrogen-bond acceptors (Lipinski definition) is 5. The summed E-state index contributed by atoms with van der Waals surface area (Å²) in [6.07, 6.45) is 1.68. The number of benzene rings is 2. The molecule has 0 aliphatic carbocycles. The summed E-state index contributed by atoms with van der Waals surface area (Å²) in [5.41, 5.74) is 4.32. The highest BCUT2D eigenvalue weighted by atomic mass is 32.2. The number of esters is 1. The minimum absolute atomic E-state index is 0.220. The van der Waals surface area contributed by atoms with E-state index >= 15 is 0 Å². The molecule has 0 bridgehead atoms. The Hall–Kier alpha value is -3.23. The summed E-state index contributed by atoms with van der Waals surface area (Å²) in [5, 5.41) is 1.82. The third-order valence-electron chi connectivity index (χ3n) is 5.34. The van der Waals surface area contributed by atoms with Crippen molar-refractivity contribution < 1.29 is 22.3 Å². The second-order valence-electron chi connectivity index (χ2n) is 7.61. The first-order chi connectivity index (χ1) is 15.7. The normalized spacial score (nSPS) is 11.5. The van der Waals surface area contributed by atoms with Gasteiger partial charge < -0.3 is 9.30 Å². The second-order valence-corrected chi connectivity index (χ2v) is 10.6. The summed E-state index contributed by atoms with van der Waals surface area (Å²) >= 11 is 1.33. The molecule has 2 aromatic carbocycles. The van der Waals surface area contributed by atoms with Crippen LogP contribution in [-0.2, 0) is 21.0 Å². The van der Waals surface area contributed by atoms with Crippen LogP contribution in [0.15, 0.2) is 77.0 Å². The SMILES string of the molecule is Cc1c(CCOC(=O)c2cccs2)cc(-c2ccc(S(C)(=O)=O)cc2)n1-c1ccc(F)cc1. The number of nitrogens with zero attached hydrogens (tertiary/aromatic N) is 1. The lowest BCUT2D eigenvalue weighted by molar-refractivity contribution is 0.0515. The summed E-state index contributed by atoms with van der Waals surface area (Å²) in [4.78, 5) is 12.9. The van der Waals surface area contributed by atoms with Gasteiger partial charge in [-0.25, -0.2) is 17.6 Å². The van der Waals surface area contributed by atoms with Crippen molar-refractivity contribution in [3.63, 3.8) is 0 Å². The lowest BCUT2D eigenvalue weighted by atomic mass is 10.1. The summed E-state index contributed by atoms with van der Waals surface area (Å²) in [7, 11) is -3.31. The van der Waals surface area contributed by atoms with Crippen LogP contribution in [0.5, 0.6) is 0 Å². The molecule has 0 unspecified atom stereocenters. The number of rotatable bonds is 7. The molecule has 0 aliphatic rings. The van der Waals surface area contributed by atoms with Crippen LogP contribution in [0.1, 0.15) is 20.9 Å². The smallest absolute Gasteiger partial charge is 0.348 e. The van der Waals surface area contributed by atoms with E-state index in [1.54, 1.807) is 48.5 Å². The van der Waals surface area contributed by atoms with E-state index in [1.165, 1.54) is 29.7 Å². The van der Waals surface area contributed by atoms with Crippen molar-refractivity contribution in [2.24, 2.45) is 0 Å². The van der Waals surface area contributed by atoms with Gasteiger partial charge in [0.05, 0.1) is 17.2 Å². The molecule has 5 nitrogen and oxygen atoms in total. The minimum atomic E-state index is -3.31. The highest BCUT2D eigenvalue weighted by Crippen LogP contribution is 2.31. The Bertz CT molecular complexity index is 1370. The standard InChI is InChI=1S/C25H22FNO4S2/c1-17-19(13-14-31-25(28)24-4-3-15-32-24)16-23(27(17)21-9-7-20(26)8-10-21)18-5-11-22(12-6-18)33(2,29)30/h3-12,15-16H,13-14H2,1-2H3. The van der Waals surface area contributed by atoms with Crippen LogP contribution in [0.3, 0.4) is 0 Å². The van der Waals surface area contributed by atoms with Crippen LogP contribution in [0.2, 0.25) is 0 Å². The van der Waals surface area contributed by atoms with Crippen LogP contribution in [0.25, 0.3) is 16.9 Å². The fourth-order valence-corrected chi connectivity index (χ4v) is 4.89. The third kappa shape index (κ3) is 5.07. The molecule has 2 heterocycles. The fraction of sp³-hybridized carbons (Fsp3) is 0.160. The van der Waals surface area contributed by atoms with Crippen LogP contribution < -0.4 is 0 Å². The zero-order valence-corrected chi connectivity index (χ0v) is 19.8. The first-order valence-corrected chi connectivity index (χ1v) is 13.0.